The van der Waals surface area contributed by atoms with Crippen LogP contribution in [-0.4, -0.2) is 54.8 Å². The summed E-state index contributed by atoms with van der Waals surface area (Å²) >= 11 is 0. The van der Waals surface area contributed by atoms with Crippen LogP contribution in [0.2, 0.25) is 0 Å². The van der Waals surface area contributed by atoms with Gasteiger partial charge in [0.15, 0.2) is 0 Å². The number of amides is 1. The van der Waals surface area contributed by atoms with Gasteiger partial charge in [-0.25, -0.2) is 13.4 Å². The van der Waals surface area contributed by atoms with E-state index in [9.17, 15) is 13.2 Å². The minimum Gasteiger partial charge on any atom is -0.353 e. The molecule has 2 aliphatic rings. The lowest BCUT2D eigenvalue weighted by Gasteiger charge is -2.43. The molecule has 30 heavy (non-hydrogen) atoms. The van der Waals surface area contributed by atoms with Crippen LogP contribution in [0.1, 0.15) is 66.0 Å². The second-order valence-electron chi connectivity index (χ2n) is 9.71. The molecule has 1 saturated carbocycles. The number of hydrogen-bond donors (Lipinski definition) is 1. The standard InChI is InChI=1S/C22H36N4O3S/c1-7-25(15(2)3)20-19(11-10-16(4)23-20)30(28,29)26-12-8-9-18(26)21(27)24-17-13-22(5,6)14-17/h10-11,15,17-18H,7-9,12-14H2,1-6H3,(H,24,27)/t18-/m0/s1. The zero-order chi connectivity index (χ0) is 22.3. The Labute approximate surface area is 181 Å². The van der Waals surface area contributed by atoms with Crippen molar-refractivity contribution in [3.8, 4) is 0 Å². The molecule has 0 bridgehead atoms. The molecule has 2 fully saturated rings. The third-order valence-corrected chi connectivity index (χ3v) is 8.18. The summed E-state index contributed by atoms with van der Waals surface area (Å²) in [5, 5.41) is 3.07. The van der Waals surface area contributed by atoms with E-state index in [1.165, 1.54) is 4.31 Å². The van der Waals surface area contributed by atoms with Gasteiger partial charge in [-0.1, -0.05) is 13.8 Å². The maximum Gasteiger partial charge on any atom is 0.247 e. The summed E-state index contributed by atoms with van der Waals surface area (Å²) in [5.74, 6) is 0.300. The monoisotopic (exact) mass is 436 g/mol. The summed E-state index contributed by atoms with van der Waals surface area (Å²) in [7, 11) is -3.85. The minimum absolute atomic E-state index is 0.109. The highest BCUT2D eigenvalue weighted by Gasteiger charge is 2.43. The fourth-order valence-corrected chi connectivity index (χ4v) is 6.58. The normalized spacial score (nSPS) is 22.2. The van der Waals surface area contributed by atoms with Gasteiger partial charge in [0, 0.05) is 30.9 Å². The number of nitrogens with one attached hydrogen (secondary N) is 1. The number of aryl methyl sites for hydroxylation is 1. The summed E-state index contributed by atoms with van der Waals surface area (Å²) in [4.78, 5) is 19.7. The van der Waals surface area contributed by atoms with Crippen molar-refractivity contribution in [3.63, 3.8) is 0 Å². The lowest BCUT2D eigenvalue weighted by molar-refractivity contribution is -0.126. The molecular formula is C22H36N4O3S. The molecule has 2 heterocycles. The first-order chi connectivity index (χ1) is 14.0. The number of aromatic nitrogens is 1. The average molecular weight is 437 g/mol. The molecule has 168 valence electrons. The van der Waals surface area contributed by atoms with Crippen molar-refractivity contribution < 1.29 is 13.2 Å². The maximum absolute atomic E-state index is 13.7. The van der Waals surface area contributed by atoms with Crippen molar-refractivity contribution in [2.24, 2.45) is 5.41 Å². The van der Waals surface area contributed by atoms with Gasteiger partial charge in [0.2, 0.25) is 15.9 Å². The fraction of sp³-hybridized carbons (Fsp3) is 0.727. The van der Waals surface area contributed by atoms with Crippen molar-refractivity contribution in [2.75, 3.05) is 18.0 Å². The Hall–Kier alpha value is -1.67. The van der Waals surface area contributed by atoms with Crippen molar-refractivity contribution >= 4 is 21.7 Å². The Bertz CT molecular complexity index is 890. The molecule has 8 heteroatoms. The van der Waals surface area contributed by atoms with Crippen LogP contribution in [0.4, 0.5) is 5.82 Å². The molecule has 7 nitrogen and oxygen atoms in total. The molecule has 0 spiro atoms. The van der Waals surface area contributed by atoms with E-state index in [1.807, 2.05) is 32.6 Å². The highest BCUT2D eigenvalue weighted by molar-refractivity contribution is 7.89. The number of hydrogen-bond acceptors (Lipinski definition) is 5. The zero-order valence-corrected chi connectivity index (χ0v) is 19.9. The molecule has 0 radical (unpaired) electrons. The first kappa shape index (κ1) is 23.0. The molecular weight excluding hydrogens is 400 g/mol. The first-order valence-corrected chi connectivity index (χ1v) is 12.5. The van der Waals surface area contributed by atoms with Crippen LogP contribution in [0, 0.1) is 12.3 Å². The molecule has 1 aromatic heterocycles. The number of carbonyl (C=O) groups excluding carboxylic acids is 1. The van der Waals surface area contributed by atoms with Gasteiger partial charge in [-0.15, -0.1) is 0 Å². The van der Waals surface area contributed by atoms with E-state index in [1.54, 1.807) is 12.1 Å². The SMILES string of the molecule is CCN(c1nc(C)ccc1S(=O)(=O)N1CCC[C@H]1C(=O)NC1CC(C)(C)C1)C(C)C. The van der Waals surface area contributed by atoms with Crippen molar-refractivity contribution in [3.05, 3.63) is 17.8 Å². The average Bonchev–Trinajstić information content (AvgIpc) is 3.11. The second kappa shape index (κ2) is 8.46. The molecule has 1 aliphatic heterocycles. The first-order valence-electron chi connectivity index (χ1n) is 11.0. The number of rotatable bonds is 7. The van der Waals surface area contributed by atoms with Crippen LogP contribution in [0.5, 0.6) is 0 Å². The van der Waals surface area contributed by atoms with Crippen molar-refractivity contribution in [2.45, 2.75) is 90.2 Å². The summed E-state index contributed by atoms with van der Waals surface area (Å²) in [6, 6.07) is 2.97. The Morgan fingerprint density at radius 1 is 1.33 bits per heavy atom. The van der Waals surface area contributed by atoms with Crippen molar-refractivity contribution in [1.82, 2.24) is 14.6 Å². The van der Waals surface area contributed by atoms with Gasteiger partial charge in [0.1, 0.15) is 16.8 Å². The van der Waals surface area contributed by atoms with Crippen LogP contribution < -0.4 is 10.2 Å². The van der Waals surface area contributed by atoms with Crippen LogP contribution in [0.15, 0.2) is 17.0 Å². The second-order valence-corrected chi connectivity index (χ2v) is 11.6. The third kappa shape index (κ3) is 4.49. The quantitative estimate of drug-likeness (QED) is 0.710. The van der Waals surface area contributed by atoms with Crippen LogP contribution >= 0.6 is 0 Å². The van der Waals surface area contributed by atoms with E-state index in [0.29, 0.717) is 31.7 Å². The number of nitrogens with zero attached hydrogens (tertiary/aromatic N) is 3. The van der Waals surface area contributed by atoms with E-state index >= 15 is 0 Å². The van der Waals surface area contributed by atoms with Crippen LogP contribution in [0.3, 0.4) is 0 Å². The van der Waals surface area contributed by atoms with Gasteiger partial charge >= 0.3 is 0 Å². The van der Waals surface area contributed by atoms with Gasteiger partial charge in [-0.3, -0.25) is 4.79 Å². The maximum atomic E-state index is 13.7. The van der Waals surface area contributed by atoms with E-state index in [-0.39, 0.29) is 28.3 Å². The third-order valence-electron chi connectivity index (χ3n) is 6.25. The number of anilines is 1. The predicted molar refractivity (Wildman–Crippen MR) is 119 cm³/mol. The number of carbonyl (C=O) groups is 1. The molecule has 0 aromatic carbocycles. The molecule has 1 atom stereocenters. The largest absolute Gasteiger partial charge is 0.353 e. The molecule has 1 saturated heterocycles. The fourth-order valence-electron chi connectivity index (χ4n) is 4.79. The van der Waals surface area contributed by atoms with Crippen molar-refractivity contribution in [1.29, 1.82) is 0 Å². The Balaban J connectivity index is 1.88. The number of sulfonamides is 1. The molecule has 1 aliphatic carbocycles. The highest BCUT2D eigenvalue weighted by atomic mass is 32.2. The van der Waals surface area contributed by atoms with Gasteiger partial charge in [0.25, 0.3) is 0 Å². The molecule has 0 unspecified atom stereocenters. The van der Waals surface area contributed by atoms with E-state index in [0.717, 1.165) is 18.5 Å². The number of pyridine rings is 1. The van der Waals surface area contributed by atoms with Crippen LogP contribution in [-0.2, 0) is 14.8 Å². The van der Waals surface area contributed by atoms with Gasteiger partial charge < -0.3 is 10.2 Å². The zero-order valence-electron chi connectivity index (χ0n) is 19.1. The minimum atomic E-state index is -3.85. The summed E-state index contributed by atoms with van der Waals surface area (Å²) in [6.07, 6.45) is 3.11. The molecule has 1 amide bonds. The van der Waals surface area contributed by atoms with Crippen LogP contribution in [0.25, 0.3) is 0 Å². The summed E-state index contributed by atoms with van der Waals surface area (Å²) in [6.45, 7) is 13.3. The summed E-state index contributed by atoms with van der Waals surface area (Å²) in [5.41, 5.74) is 1.02. The molecule has 1 N–H and O–H groups in total. The Morgan fingerprint density at radius 3 is 2.57 bits per heavy atom. The summed E-state index contributed by atoms with van der Waals surface area (Å²) < 4.78 is 28.7. The molecule has 3 rings (SSSR count). The lowest BCUT2D eigenvalue weighted by Crippen LogP contribution is -2.54. The Kier molecular flexibility index (Phi) is 6.49. The van der Waals surface area contributed by atoms with Gasteiger partial charge in [-0.2, -0.15) is 4.31 Å². The van der Waals surface area contributed by atoms with Gasteiger partial charge in [0.05, 0.1) is 0 Å². The lowest BCUT2D eigenvalue weighted by atomic mass is 9.68. The van der Waals surface area contributed by atoms with Gasteiger partial charge in [-0.05, 0) is 70.9 Å². The highest BCUT2D eigenvalue weighted by Crippen LogP contribution is 2.40. The van der Waals surface area contributed by atoms with E-state index in [2.05, 4.69) is 24.1 Å². The predicted octanol–water partition coefficient (Wildman–Crippen LogP) is 3.08. The van der Waals surface area contributed by atoms with E-state index < -0.39 is 16.1 Å². The smallest absolute Gasteiger partial charge is 0.247 e. The topological polar surface area (TPSA) is 82.6 Å². The Morgan fingerprint density at radius 2 is 2.00 bits per heavy atom. The van der Waals surface area contributed by atoms with E-state index in [4.69, 9.17) is 0 Å². The molecule has 1 aromatic rings.